The molecule has 0 bridgehead atoms. The lowest BCUT2D eigenvalue weighted by Crippen LogP contribution is -2.46. The zero-order chi connectivity index (χ0) is 13.8. The minimum absolute atomic E-state index is 0.103. The summed E-state index contributed by atoms with van der Waals surface area (Å²) in [6.45, 7) is 11.2. The van der Waals surface area contributed by atoms with Gasteiger partial charge >= 0.3 is 0 Å². The van der Waals surface area contributed by atoms with Gasteiger partial charge in [-0.25, -0.2) is 0 Å². The molecule has 1 unspecified atom stereocenters. The number of hydrogen-bond donors (Lipinski definition) is 2. The molecule has 0 spiro atoms. The first-order valence-corrected chi connectivity index (χ1v) is 7.22. The summed E-state index contributed by atoms with van der Waals surface area (Å²) in [5.74, 6) is 0.103. The predicted octanol–water partition coefficient (Wildman–Crippen LogP) is 2.85. The maximum Gasteiger partial charge on any atom is 0.234 e. The van der Waals surface area contributed by atoms with E-state index in [4.69, 9.17) is 0 Å². The highest BCUT2D eigenvalue weighted by atomic mass is 16.2. The molecule has 0 aromatic carbocycles. The Morgan fingerprint density at radius 3 is 2.50 bits per heavy atom. The third-order valence-electron chi connectivity index (χ3n) is 3.64. The fraction of sp³-hybridized carbons (Fsp3) is 0.933. The van der Waals surface area contributed by atoms with E-state index >= 15 is 0 Å². The van der Waals surface area contributed by atoms with Crippen LogP contribution in [-0.2, 0) is 4.79 Å². The molecule has 0 heterocycles. The van der Waals surface area contributed by atoms with Gasteiger partial charge in [0.15, 0.2) is 0 Å². The van der Waals surface area contributed by atoms with Crippen LogP contribution in [0.25, 0.3) is 0 Å². The molecule has 106 valence electrons. The van der Waals surface area contributed by atoms with Crippen molar-refractivity contribution in [3.8, 4) is 0 Å². The van der Waals surface area contributed by atoms with E-state index in [2.05, 4.69) is 24.5 Å². The molecule has 0 aliphatic heterocycles. The second-order valence-corrected chi connectivity index (χ2v) is 7.47. The van der Waals surface area contributed by atoms with E-state index in [1.807, 2.05) is 20.8 Å². The van der Waals surface area contributed by atoms with Gasteiger partial charge in [0.25, 0.3) is 0 Å². The molecular formula is C15H30N2O. The Hall–Kier alpha value is -0.570. The highest BCUT2D eigenvalue weighted by molar-refractivity contribution is 5.78. The van der Waals surface area contributed by atoms with Gasteiger partial charge in [-0.05, 0) is 51.9 Å². The number of rotatable bonds is 3. The fourth-order valence-corrected chi connectivity index (χ4v) is 2.56. The van der Waals surface area contributed by atoms with Gasteiger partial charge in [0.2, 0.25) is 5.91 Å². The molecule has 1 saturated carbocycles. The molecule has 0 radical (unpaired) electrons. The van der Waals surface area contributed by atoms with Gasteiger partial charge in [0.05, 0.1) is 6.54 Å². The molecule has 0 aromatic rings. The molecule has 1 amide bonds. The van der Waals surface area contributed by atoms with Crippen LogP contribution in [0.15, 0.2) is 0 Å². The first-order chi connectivity index (χ1) is 8.18. The lowest BCUT2D eigenvalue weighted by Gasteiger charge is -2.23. The summed E-state index contributed by atoms with van der Waals surface area (Å²) in [5.41, 5.74) is 0.342. The van der Waals surface area contributed by atoms with Crippen LogP contribution in [0.4, 0.5) is 0 Å². The largest absolute Gasteiger partial charge is 0.350 e. The van der Waals surface area contributed by atoms with Crippen molar-refractivity contribution in [3.05, 3.63) is 0 Å². The van der Waals surface area contributed by atoms with Crippen molar-refractivity contribution in [3.63, 3.8) is 0 Å². The molecule has 1 aliphatic carbocycles. The average Bonchev–Trinajstić information content (AvgIpc) is 2.34. The second kappa shape index (κ2) is 6.05. The second-order valence-electron chi connectivity index (χ2n) is 7.47. The molecule has 1 aliphatic rings. The third kappa shape index (κ3) is 6.39. The Morgan fingerprint density at radius 2 is 1.89 bits per heavy atom. The molecule has 0 saturated heterocycles. The van der Waals surface area contributed by atoms with Crippen LogP contribution in [0.5, 0.6) is 0 Å². The van der Waals surface area contributed by atoms with Crippen LogP contribution in [0.3, 0.4) is 0 Å². The summed E-state index contributed by atoms with van der Waals surface area (Å²) in [6, 6.07) is 0.512. The average molecular weight is 254 g/mol. The predicted molar refractivity (Wildman–Crippen MR) is 76.6 cm³/mol. The number of carbonyl (C=O) groups is 1. The van der Waals surface area contributed by atoms with Gasteiger partial charge in [-0.3, -0.25) is 4.79 Å². The third-order valence-corrected chi connectivity index (χ3v) is 3.64. The normalized spacial score (nSPS) is 24.4. The van der Waals surface area contributed by atoms with Crippen LogP contribution in [0.1, 0.15) is 66.7 Å². The standard InChI is InChI=1S/C15H30N2O/c1-14(2,3)17-13(18)11-16-12-7-6-9-15(4,5)10-8-12/h12,16H,6-11H2,1-5H3,(H,17,18). The summed E-state index contributed by atoms with van der Waals surface area (Å²) in [7, 11) is 0. The Balaban J connectivity index is 2.29. The maximum atomic E-state index is 11.7. The van der Waals surface area contributed by atoms with E-state index in [9.17, 15) is 4.79 Å². The molecule has 2 N–H and O–H groups in total. The van der Waals surface area contributed by atoms with Gasteiger partial charge in [0, 0.05) is 11.6 Å². The van der Waals surface area contributed by atoms with Gasteiger partial charge < -0.3 is 10.6 Å². The first kappa shape index (κ1) is 15.5. The highest BCUT2D eigenvalue weighted by Gasteiger charge is 2.24. The van der Waals surface area contributed by atoms with Gasteiger partial charge in [-0.15, -0.1) is 0 Å². The minimum Gasteiger partial charge on any atom is -0.350 e. The summed E-state index contributed by atoms with van der Waals surface area (Å²) >= 11 is 0. The number of amides is 1. The Bertz CT molecular complexity index is 279. The van der Waals surface area contributed by atoms with Crippen molar-refractivity contribution in [2.24, 2.45) is 5.41 Å². The molecular weight excluding hydrogens is 224 g/mol. The number of hydrogen-bond acceptors (Lipinski definition) is 2. The van der Waals surface area contributed by atoms with Crippen molar-refractivity contribution < 1.29 is 4.79 Å². The Morgan fingerprint density at radius 1 is 1.22 bits per heavy atom. The summed E-state index contributed by atoms with van der Waals surface area (Å²) in [4.78, 5) is 11.7. The summed E-state index contributed by atoms with van der Waals surface area (Å²) in [6.07, 6.45) is 6.22. The Labute approximate surface area is 112 Å². The van der Waals surface area contributed by atoms with E-state index in [1.54, 1.807) is 0 Å². The van der Waals surface area contributed by atoms with Crippen molar-refractivity contribution in [2.45, 2.75) is 78.3 Å². The monoisotopic (exact) mass is 254 g/mol. The molecule has 18 heavy (non-hydrogen) atoms. The smallest absolute Gasteiger partial charge is 0.234 e. The molecule has 1 rings (SSSR count). The van der Waals surface area contributed by atoms with E-state index in [-0.39, 0.29) is 11.4 Å². The molecule has 1 fully saturated rings. The zero-order valence-electron chi connectivity index (χ0n) is 12.7. The minimum atomic E-state index is -0.135. The van der Waals surface area contributed by atoms with E-state index in [1.165, 1.54) is 32.1 Å². The van der Waals surface area contributed by atoms with Crippen LogP contribution in [0.2, 0.25) is 0 Å². The van der Waals surface area contributed by atoms with Crippen molar-refractivity contribution >= 4 is 5.91 Å². The van der Waals surface area contributed by atoms with Crippen LogP contribution in [0, 0.1) is 5.41 Å². The van der Waals surface area contributed by atoms with E-state index in [0.717, 1.165) is 0 Å². The fourth-order valence-electron chi connectivity index (χ4n) is 2.56. The van der Waals surface area contributed by atoms with Crippen LogP contribution < -0.4 is 10.6 Å². The summed E-state index contributed by atoms with van der Waals surface area (Å²) in [5, 5.41) is 6.40. The van der Waals surface area contributed by atoms with E-state index < -0.39 is 0 Å². The number of nitrogens with one attached hydrogen (secondary N) is 2. The van der Waals surface area contributed by atoms with E-state index in [0.29, 0.717) is 18.0 Å². The SMILES string of the molecule is CC1(C)CCCC(NCC(=O)NC(C)(C)C)CC1. The van der Waals surface area contributed by atoms with Gasteiger partial charge in [0.1, 0.15) is 0 Å². The Kier molecular flexibility index (Phi) is 5.20. The van der Waals surface area contributed by atoms with Gasteiger partial charge in [-0.1, -0.05) is 20.3 Å². The van der Waals surface area contributed by atoms with Crippen molar-refractivity contribution in [1.82, 2.24) is 10.6 Å². The molecule has 3 nitrogen and oxygen atoms in total. The van der Waals surface area contributed by atoms with Crippen molar-refractivity contribution in [2.75, 3.05) is 6.54 Å². The quantitative estimate of drug-likeness (QED) is 0.760. The zero-order valence-corrected chi connectivity index (χ0v) is 12.7. The maximum absolute atomic E-state index is 11.7. The van der Waals surface area contributed by atoms with Gasteiger partial charge in [-0.2, -0.15) is 0 Å². The topological polar surface area (TPSA) is 41.1 Å². The molecule has 0 aromatic heterocycles. The number of carbonyl (C=O) groups excluding carboxylic acids is 1. The highest BCUT2D eigenvalue weighted by Crippen LogP contribution is 2.33. The van der Waals surface area contributed by atoms with Crippen LogP contribution >= 0.6 is 0 Å². The molecule has 3 heteroatoms. The summed E-state index contributed by atoms with van der Waals surface area (Å²) < 4.78 is 0. The lowest BCUT2D eigenvalue weighted by molar-refractivity contribution is -0.121. The molecule has 1 atom stereocenters. The first-order valence-electron chi connectivity index (χ1n) is 7.22. The van der Waals surface area contributed by atoms with Crippen LogP contribution in [-0.4, -0.2) is 24.0 Å². The lowest BCUT2D eigenvalue weighted by atomic mass is 9.85. The van der Waals surface area contributed by atoms with Crippen molar-refractivity contribution in [1.29, 1.82) is 0 Å².